The Kier molecular flexibility index (Phi) is 13.4. The predicted octanol–water partition coefficient (Wildman–Crippen LogP) is 1.76. The molecule has 0 spiro atoms. The van der Waals surface area contributed by atoms with Gasteiger partial charge in [-0.1, -0.05) is 26.7 Å². The number of hydrogen-bond acceptors (Lipinski definition) is 8. The van der Waals surface area contributed by atoms with Crippen LogP contribution >= 0.6 is 20.4 Å². The Labute approximate surface area is 183 Å². The second kappa shape index (κ2) is 14.9. The molecule has 0 bridgehead atoms. The van der Waals surface area contributed by atoms with Crippen LogP contribution in [-0.2, 0) is 23.7 Å². The number of rotatable bonds is 16. The van der Waals surface area contributed by atoms with Crippen LogP contribution < -0.4 is 5.32 Å². The van der Waals surface area contributed by atoms with Crippen LogP contribution in [0.15, 0.2) is 0 Å². The highest BCUT2D eigenvalue weighted by Crippen LogP contribution is 2.27. The number of unbranched alkanes of at least 4 members (excludes halogenated alkanes) is 3. The average Bonchev–Trinajstić information content (AvgIpc) is 2.94. The van der Waals surface area contributed by atoms with Crippen molar-refractivity contribution in [2.24, 2.45) is 5.92 Å². The lowest BCUT2D eigenvalue weighted by atomic mass is 10.1. The minimum absolute atomic E-state index is 0.0384. The standard InChI is InChI=1S/C19H33N2O7PS/c1-14(2)15(22)7-9-20-17(23)8-10-21-18(24)13-16(19(21)25)30-12-6-4-3-5-11-28-29(26)27/h14,16,26-27H,3-13H2,1-2H3,(H,20,23). The average molecular weight is 465 g/mol. The van der Waals surface area contributed by atoms with Gasteiger partial charge in [0.1, 0.15) is 5.78 Å². The predicted molar refractivity (Wildman–Crippen MR) is 115 cm³/mol. The third kappa shape index (κ3) is 10.8. The largest absolute Gasteiger partial charge is 0.356 e. The summed E-state index contributed by atoms with van der Waals surface area (Å²) in [6.45, 7) is 4.27. The first-order valence-electron chi connectivity index (χ1n) is 10.3. The van der Waals surface area contributed by atoms with Crippen molar-refractivity contribution >= 4 is 43.9 Å². The summed E-state index contributed by atoms with van der Waals surface area (Å²) in [7, 11) is -2.28. The molecule has 0 aliphatic carbocycles. The van der Waals surface area contributed by atoms with E-state index in [1.54, 1.807) is 0 Å². The van der Waals surface area contributed by atoms with Gasteiger partial charge in [-0.2, -0.15) is 0 Å². The van der Waals surface area contributed by atoms with E-state index in [1.165, 1.54) is 11.8 Å². The summed E-state index contributed by atoms with van der Waals surface area (Å²) in [6, 6.07) is 0. The van der Waals surface area contributed by atoms with Crippen LogP contribution in [-0.4, -0.2) is 68.9 Å². The summed E-state index contributed by atoms with van der Waals surface area (Å²) in [5.41, 5.74) is 0. The first-order valence-corrected chi connectivity index (χ1v) is 12.5. The number of nitrogens with one attached hydrogen (secondary N) is 1. The second-order valence-corrected chi connectivity index (χ2v) is 9.49. The smallest absolute Gasteiger partial charge is 0.327 e. The highest BCUT2D eigenvalue weighted by atomic mass is 32.2. The van der Waals surface area contributed by atoms with Gasteiger partial charge in [0.25, 0.3) is 0 Å². The van der Waals surface area contributed by atoms with E-state index in [0.29, 0.717) is 6.61 Å². The second-order valence-electron chi connectivity index (χ2n) is 7.42. The van der Waals surface area contributed by atoms with Crippen LogP contribution in [0.1, 0.15) is 58.8 Å². The number of carbonyl (C=O) groups excluding carboxylic acids is 4. The van der Waals surface area contributed by atoms with Crippen LogP contribution in [0.2, 0.25) is 0 Å². The highest BCUT2D eigenvalue weighted by molar-refractivity contribution is 8.00. The summed E-state index contributed by atoms with van der Waals surface area (Å²) in [5, 5.41) is 2.26. The molecule has 1 saturated heterocycles. The summed E-state index contributed by atoms with van der Waals surface area (Å²) < 4.78 is 4.69. The summed E-state index contributed by atoms with van der Waals surface area (Å²) >= 11 is 1.46. The normalized spacial score (nSPS) is 16.7. The number of likely N-dealkylation sites (tertiary alicyclic amines) is 1. The van der Waals surface area contributed by atoms with Crippen LogP contribution in [0.4, 0.5) is 0 Å². The molecule has 0 aromatic heterocycles. The number of nitrogens with zero attached hydrogens (tertiary/aromatic N) is 1. The zero-order chi connectivity index (χ0) is 22.5. The van der Waals surface area contributed by atoms with Crippen molar-refractivity contribution < 1.29 is 33.5 Å². The molecule has 0 radical (unpaired) electrons. The van der Waals surface area contributed by atoms with Gasteiger partial charge >= 0.3 is 8.60 Å². The summed E-state index contributed by atoms with van der Waals surface area (Å²) in [5.74, 6) is 0.0176. The molecule has 1 rings (SSSR count). The van der Waals surface area contributed by atoms with E-state index < -0.39 is 8.60 Å². The zero-order valence-electron chi connectivity index (χ0n) is 17.7. The maximum Gasteiger partial charge on any atom is 0.327 e. The SMILES string of the molecule is CC(C)C(=O)CCNC(=O)CCN1C(=O)CC(SCCCCCCOP(O)O)C1=O. The van der Waals surface area contributed by atoms with E-state index >= 15 is 0 Å². The number of hydrogen-bond donors (Lipinski definition) is 3. The summed E-state index contributed by atoms with van der Waals surface area (Å²) in [4.78, 5) is 66.4. The van der Waals surface area contributed by atoms with E-state index in [2.05, 4.69) is 9.84 Å². The van der Waals surface area contributed by atoms with Gasteiger partial charge in [0.2, 0.25) is 17.7 Å². The molecule has 3 amide bonds. The van der Waals surface area contributed by atoms with E-state index in [1.807, 2.05) is 13.8 Å². The Morgan fingerprint density at radius 3 is 2.57 bits per heavy atom. The lowest BCUT2D eigenvalue weighted by molar-refractivity contribution is -0.138. The topological polar surface area (TPSA) is 133 Å². The maximum absolute atomic E-state index is 12.4. The third-order valence-corrected chi connectivity index (χ3v) is 6.38. The fourth-order valence-electron chi connectivity index (χ4n) is 2.86. The lowest BCUT2D eigenvalue weighted by Crippen LogP contribution is -2.36. The third-order valence-electron chi connectivity index (χ3n) is 4.67. The molecule has 1 aliphatic rings. The van der Waals surface area contributed by atoms with Crippen LogP contribution in [0, 0.1) is 5.92 Å². The number of thioether (sulfide) groups is 1. The molecule has 11 heteroatoms. The number of ketones is 1. The Morgan fingerprint density at radius 1 is 1.20 bits per heavy atom. The number of imide groups is 1. The Hall–Kier alpha value is -1.06. The van der Waals surface area contributed by atoms with E-state index in [-0.39, 0.29) is 67.0 Å². The van der Waals surface area contributed by atoms with Crippen molar-refractivity contribution in [1.82, 2.24) is 10.2 Å². The molecule has 9 nitrogen and oxygen atoms in total. The van der Waals surface area contributed by atoms with Gasteiger partial charge in [0.15, 0.2) is 0 Å². The number of amides is 3. The van der Waals surface area contributed by atoms with Crippen molar-refractivity contribution in [1.29, 1.82) is 0 Å². The lowest BCUT2D eigenvalue weighted by Gasteiger charge is -2.14. The van der Waals surface area contributed by atoms with Crippen LogP contribution in [0.25, 0.3) is 0 Å². The van der Waals surface area contributed by atoms with E-state index in [4.69, 9.17) is 9.79 Å². The van der Waals surface area contributed by atoms with Gasteiger partial charge in [-0.3, -0.25) is 24.1 Å². The zero-order valence-corrected chi connectivity index (χ0v) is 19.4. The quantitative estimate of drug-likeness (QED) is 0.179. The molecule has 0 saturated carbocycles. The van der Waals surface area contributed by atoms with Gasteiger partial charge in [0, 0.05) is 38.3 Å². The number of Topliss-reactive ketones (excluding diaryl/α,β-unsaturated/α-hetero) is 1. The first kappa shape index (κ1) is 27.0. The van der Waals surface area contributed by atoms with E-state index in [0.717, 1.165) is 36.3 Å². The molecule has 1 atom stereocenters. The minimum Gasteiger partial charge on any atom is -0.356 e. The fourth-order valence-corrected chi connectivity index (χ4v) is 4.34. The van der Waals surface area contributed by atoms with Crippen molar-refractivity contribution in [3.63, 3.8) is 0 Å². The molecule has 1 fully saturated rings. The molecule has 0 aromatic carbocycles. The highest BCUT2D eigenvalue weighted by Gasteiger charge is 2.38. The van der Waals surface area contributed by atoms with Crippen molar-refractivity contribution in [2.45, 2.75) is 64.0 Å². The first-order chi connectivity index (χ1) is 14.2. The van der Waals surface area contributed by atoms with Gasteiger partial charge in [-0.25, -0.2) is 0 Å². The van der Waals surface area contributed by atoms with E-state index in [9.17, 15) is 19.2 Å². The van der Waals surface area contributed by atoms with Gasteiger partial charge < -0.3 is 19.6 Å². The Balaban J connectivity index is 2.18. The van der Waals surface area contributed by atoms with Crippen LogP contribution in [0.3, 0.4) is 0 Å². The van der Waals surface area contributed by atoms with Gasteiger partial charge in [0.05, 0.1) is 11.9 Å². The number of carbonyl (C=O) groups is 4. The minimum atomic E-state index is -2.28. The van der Waals surface area contributed by atoms with Crippen molar-refractivity contribution in [2.75, 3.05) is 25.4 Å². The molecular formula is C19H33N2O7PS. The monoisotopic (exact) mass is 464 g/mol. The molecule has 0 aromatic rings. The molecule has 1 heterocycles. The van der Waals surface area contributed by atoms with Crippen LogP contribution in [0.5, 0.6) is 0 Å². The molecule has 172 valence electrons. The Bertz CT molecular complexity index is 589. The van der Waals surface area contributed by atoms with Crippen molar-refractivity contribution in [3.8, 4) is 0 Å². The Morgan fingerprint density at radius 2 is 1.90 bits per heavy atom. The van der Waals surface area contributed by atoms with Gasteiger partial charge in [-0.15, -0.1) is 11.8 Å². The summed E-state index contributed by atoms with van der Waals surface area (Å²) in [6.07, 6.45) is 3.95. The van der Waals surface area contributed by atoms with Crippen molar-refractivity contribution in [3.05, 3.63) is 0 Å². The molecular weight excluding hydrogens is 431 g/mol. The van der Waals surface area contributed by atoms with Gasteiger partial charge in [-0.05, 0) is 18.6 Å². The molecule has 1 unspecified atom stereocenters. The fraction of sp³-hybridized carbons (Fsp3) is 0.789. The maximum atomic E-state index is 12.4. The molecule has 3 N–H and O–H groups in total. The molecule has 1 aliphatic heterocycles. The molecule has 30 heavy (non-hydrogen) atoms.